The van der Waals surface area contributed by atoms with Crippen molar-refractivity contribution in [2.75, 3.05) is 39.6 Å². The van der Waals surface area contributed by atoms with Crippen LogP contribution in [0, 0.1) is 6.92 Å². The molecule has 19 heavy (non-hydrogen) atoms. The Balaban J connectivity index is 2.03. The molecule has 0 atom stereocenters. The Kier molecular flexibility index (Phi) is 4.58. The predicted octanol–water partition coefficient (Wildman–Crippen LogP) is 2.03. The van der Waals surface area contributed by atoms with Crippen LogP contribution in [-0.2, 0) is 0 Å². The van der Waals surface area contributed by atoms with E-state index in [2.05, 4.69) is 34.3 Å². The number of aromatic nitrogens is 2. The van der Waals surface area contributed by atoms with E-state index in [1.165, 1.54) is 12.8 Å². The molecular formula is C14H24N4O. The number of ether oxygens (including phenoxy) is 1. The van der Waals surface area contributed by atoms with Gasteiger partial charge in [-0.05, 0) is 40.3 Å². The molecule has 1 aliphatic rings. The highest BCUT2D eigenvalue weighted by Gasteiger charge is 2.28. The number of anilines is 1. The lowest BCUT2D eigenvalue weighted by Gasteiger charge is -2.14. The van der Waals surface area contributed by atoms with Gasteiger partial charge in [0.2, 0.25) is 5.88 Å². The topological polar surface area (TPSA) is 50.3 Å². The fourth-order valence-electron chi connectivity index (χ4n) is 1.97. The second kappa shape index (κ2) is 6.19. The lowest BCUT2D eigenvalue weighted by Crippen LogP contribution is -2.16. The SMILES string of the molecule is CNc1nc(C2CC2)nc(OCCCN(C)C)c1C. The lowest BCUT2D eigenvalue weighted by molar-refractivity contribution is 0.270. The van der Waals surface area contributed by atoms with E-state index in [1.807, 2.05) is 14.0 Å². The zero-order valence-corrected chi connectivity index (χ0v) is 12.4. The maximum Gasteiger partial charge on any atom is 0.221 e. The van der Waals surface area contributed by atoms with E-state index >= 15 is 0 Å². The largest absolute Gasteiger partial charge is 0.477 e. The Morgan fingerprint density at radius 2 is 2.05 bits per heavy atom. The van der Waals surface area contributed by atoms with Crippen molar-refractivity contribution in [1.82, 2.24) is 14.9 Å². The van der Waals surface area contributed by atoms with E-state index in [4.69, 9.17) is 4.74 Å². The molecule has 1 aliphatic carbocycles. The number of hydrogen-bond donors (Lipinski definition) is 1. The van der Waals surface area contributed by atoms with Crippen LogP contribution in [0.4, 0.5) is 5.82 Å². The van der Waals surface area contributed by atoms with Crippen molar-refractivity contribution in [2.45, 2.75) is 32.1 Å². The van der Waals surface area contributed by atoms with Gasteiger partial charge in [0, 0.05) is 19.5 Å². The number of nitrogens with zero attached hydrogens (tertiary/aromatic N) is 3. The third kappa shape index (κ3) is 3.80. The van der Waals surface area contributed by atoms with Gasteiger partial charge < -0.3 is 15.0 Å². The Hall–Kier alpha value is -1.36. The molecule has 0 spiro atoms. The number of rotatable bonds is 7. The summed E-state index contributed by atoms with van der Waals surface area (Å²) < 4.78 is 5.83. The van der Waals surface area contributed by atoms with Crippen molar-refractivity contribution in [3.63, 3.8) is 0 Å². The maximum atomic E-state index is 5.83. The second-order valence-corrected chi connectivity index (χ2v) is 5.39. The average molecular weight is 264 g/mol. The van der Waals surface area contributed by atoms with Gasteiger partial charge in [0.05, 0.1) is 12.2 Å². The summed E-state index contributed by atoms with van der Waals surface area (Å²) in [5, 5.41) is 3.13. The third-order valence-electron chi connectivity index (χ3n) is 3.29. The van der Waals surface area contributed by atoms with Gasteiger partial charge in [0.1, 0.15) is 11.6 Å². The van der Waals surface area contributed by atoms with E-state index in [0.29, 0.717) is 12.5 Å². The molecule has 1 heterocycles. The van der Waals surface area contributed by atoms with Crippen molar-refractivity contribution in [3.05, 3.63) is 11.4 Å². The van der Waals surface area contributed by atoms with Crippen molar-refractivity contribution in [1.29, 1.82) is 0 Å². The van der Waals surface area contributed by atoms with E-state index in [-0.39, 0.29) is 0 Å². The number of nitrogens with one attached hydrogen (secondary N) is 1. The summed E-state index contributed by atoms with van der Waals surface area (Å²) in [6, 6.07) is 0. The Bertz CT molecular complexity index is 430. The quantitative estimate of drug-likeness (QED) is 0.764. The van der Waals surface area contributed by atoms with E-state index in [1.54, 1.807) is 0 Å². The van der Waals surface area contributed by atoms with E-state index < -0.39 is 0 Å². The van der Waals surface area contributed by atoms with Crippen molar-refractivity contribution < 1.29 is 4.74 Å². The summed E-state index contributed by atoms with van der Waals surface area (Å²) >= 11 is 0. The Labute approximate surface area is 115 Å². The van der Waals surface area contributed by atoms with Crippen LogP contribution < -0.4 is 10.1 Å². The number of hydrogen-bond acceptors (Lipinski definition) is 5. The highest BCUT2D eigenvalue weighted by molar-refractivity contribution is 5.48. The molecule has 106 valence electrons. The second-order valence-electron chi connectivity index (χ2n) is 5.39. The van der Waals surface area contributed by atoms with Crippen LogP contribution in [0.1, 0.15) is 36.6 Å². The molecular weight excluding hydrogens is 240 g/mol. The van der Waals surface area contributed by atoms with Gasteiger partial charge in [-0.15, -0.1) is 0 Å². The van der Waals surface area contributed by atoms with E-state index in [0.717, 1.165) is 36.1 Å². The summed E-state index contributed by atoms with van der Waals surface area (Å²) in [5.74, 6) is 3.09. The normalized spacial score (nSPS) is 14.8. The van der Waals surface area contributed by atoms with Gasteiger partial charge in [0.15, 0.2) is 0 Å². The molecule has 0 aliphatic heterocycles. The molecule has 1 saturated carbocycles. The lowest BCUT2D eigenvalue weighted by atomic mass is 10.3. The molecule has 1 N–H and O–H groups in total. The summed E-state index contributed by atoms with van der Waals surface area (Å²) in [6.07, 6.45) is 3.41. The Morgan fingerprint density at radius 3 is 2.63 bits per heavy atom. The zero-order valence-electron chi connectivity index (χ0n) is 12.4. The molecule has 2 rings (SSSR count). The molecule has 0 radical (unpaired) electrons. The fourth-order valence-corrected chi connectivity index (χ4v) is 1.97. The molecule has 0 amide bonds. The third-order valence-corrected chi connectivity index (χ3v) is 3.29. The minimum absolute atomic E-state index is 0.539. The van der Waals surface area contributed by atoms with Gasteiger partial charge in [0.25, 0.3) is 0 Å². The highest BCUT2D eigenvalue weighted by atomic mass is 16.5. The minimum atomic E-state index is 0.539. The van der Waals surface area contributed by atoms with Crippen LogP contribution in [0.15, 0.2) is 0 Å². The van der Waals surface area contributed by atoms with Crippen LogP contribution >= 0.6 is 0 Å². The van der Waals surface area contributed by atoms with Gasteiger partial charge in [-0.25, -0.2) is 4.98 Å². The van der Waals surface area contributed by atoms with Crippen LogP contribution in [-0.4, -0.2) is 49.2 Å². The standard InChI is InChI=1S/C14H24N4O/c1-10-12(15-2)16-13(11-6-7-11)17-14(10)19-9-5-8-18(3)4/h11H,5-9H2,1-4H3,(H,15,16,17). The first-order valence-electron chi connectivity index (χ1n) is 6.95. The molecule has 5 nitrogen and oxygen atoms in total. The van der Waals surface area contributed by atoms with Crippen molar-refractivity contribution in [3.8, 4) is 5.88 Å². The van der Waals surface area contributed by atoms with Gasteiger partial charge in [-0.1, -0.05) is 0 Å². The summed E-state index contributed by atoms with van der Waals surface area (Å²) in [6.45, 7) is 3.73. The molecule has 1 aromatic heterocycles. The van der Waals surface area contributed by atoms with Gasteiger partial charge in [-0.2, -0.15) is 4.98 Å². The van der Waals surface area contributed by atoms with Crippen LogP contribution in [0.5, 0.6) is 5.88 Å². The molecule has 5 heteroatoms. The van der Waals surface area contributed by atoms with Crippen LogP contribution in [0.25, 0.3) is 0 Å². The smallest absolute Gasteiger partial charge is 0.221 e. The van der Waals surface area contributed by atoms with Crippen LogP contribution in [0.3, 0.4) is 0 Å². The van der Waals surface area contributed by atoms with Crippen molar-refractivity contribution >= 4 is 5.82 Å². The fraction of sp³-hybridized carbons (Fsp3) is 0.714. The monoisotopic (exact) mass is 264 g/mol. The van der Waals surface area contributed by atoms with Gasteiger partial charge >= 0.3 is 0 Å². The molecule has 1 fully saturated rings. The summed E-state index contributed by atoms with van der Waals surface area (Å²) in [5.41, 5.74) is 0.997. The average Bonchev–Trinajstić information content (AvgIpc) is 3.20. The molecule has 1 aromatic rings. The van der Waals surface area contributed by atoms with Crippen LogP contribution in [0.2, 0.25) is 0 Å². The first-order chi connectivity index (χ1) is 9.11. The molecule has 0 bridgehead atoms. The predicted molar refractivity (Wildman–Crippen MR) is 77.0 cm³/mol. The first-order valence-corrected chi connectivity index (χ1v) is 6.95. The zero-order chi connectivity index (χ0) is 13.8. The molecule has 0 unspecified atom stereocenters. The van der Waals surface area contributed by atoms with Gasteiger partial charge in [-0.3, -0.25) is 0 Å². The van der Waals surface area contributed by atoms with E-state index in [9.17, 15) is 0 Å². The summed E-state index contributed by atoms with van der Waals surface area (Å²) in [7, 11) is 6.03. The maximum absolute atomic E-state index is 5.83. The Morgan fingerprint density at radius 1 is 1.32 bits per heavy atom. The summed E-state index contributed by atoms with van der Waals surface area (Å²) in [4.78, 5) is 11.3. The first kappa shape index (κ1) is 14.1. The highest BCUT2D eigenvalue weighted by Crippen LogP contribution is 2.39. The molecule has 0 saturated heterocycles. The molecule has 0 aromatic carbocycles. The van der Waals surface area contributed by atoms with Crippen molar-refractivity contribution in [2.24, 2.45) is 0 Å². The minimum Gasteiger partial charge on any atom is -0.477 e.